The molecule has 0 N–H and O–H groups in total. The number of benzene rings is 2. The molecule has 3 heteroatoms. The number of hydrogen-bond donors (Lipinski definition) is 0. The first-order valence-electron chi connectivity index (χ1n) is 12.4. The molecular formula is C28H40O2Si. The van der Waals surface area contributed by atoms with E-state index in [9.17, 15) is 0 Å². The monoisotopic (exact) mass is 436 g/mol. The molecule has 6 unspecified atom stereocenters. The lowest BCUT2D eigenvalue weighted by Crippen LogP contribution is -2.66. The van der Waals surface area contributed by atoms with Gasteiger partial charge >= 0.3 is 8.56 Å². The minimum atomic E-state index is -2.83. The lowest BCUT2D eigenvalue weighted by Gasteiger charge is -2.43. The minimum Gasteiger partial charge on any atom is -0.385 e. The van der Waals surface area contributed by atoms with Crippen LogP contribution in [0.15, 0.2) is 60.7 Å². The lowest BCUT2D eigenvalue weighted by molar-refractivity contribution is 0.0287. The second-order valence-corrected chi connectivity index (χ2v) is 13.2. The fourth-order valence-corrected chi connectivity index (χ4v) is 9.02. The molecular weight excluding hydrogens is 396 g/mol. The van der Waals surface area contributed by atoms with Gasteiger partial charge in [-0.25, -0.2) is 0 Å². The first-order chi connectivity index (χ1) is 15.0. The highest BCUT2D eigenvalue weighted by molar-refractivity contribution is 6.92. The van der Waals surface area contributed by atoms with Gasteiger partial charge in [0.1, 0.15) is 0 Å². The second-order valence-electron chi connectivity index (χ2n) is 10.4. The van der Waals surface area contributed by atoms with E-state index in [0.717, 1.165) is 37.5 Å². The van der Waals surface area contributed by atoms with E-state index in [2.05, 4.69) is 88.4 Å². The van der Waals surface area contributed by atoms with Crippen molar-refractivity contribution in [3.05, 3.63) is 60.7 Å². The van der Waals surface area contributed by atoms with Crippen molar-refractivity contribution in [2.24, 2.45) is 23.7 Å². The predicted molar refractivity (Wildman–Crippen MR) is 132 cm³/mol. The molecule has 2 aliphatic rings. The molecule has 4 rings (SSSR count). The maximum absolute atomic E-state index is 7.25. The third kappa shape index (κ3) is 5.15. The minimum absolute atomic E-state index is 0.276. The van der Waals surface area contributed by atoms with Gasteiger partial charge in [-0.05, 0) is 72.6 Å². The van der Waals surface area contributed by atoms with Crippen molar-refractivity contribution in [1.82, 2.24) is 0 Å². The Morgan fingerprint density at radius 2 is 0.935 bits per heavy atom. The smallest absolute Gasteiger partial charge is 0.385 e. The van der Waals surface area contributed by atoms with Crippen molar-refractivity contribution >= 4 is 18.9 Å². The normalized spacial score (nSPS) is 32.0. The van der Waals surface area contributed by atoms with Crippen LogP contribution in [0.2, 0.25) is 0 Å². The Bertz CT molecular complexity index is 739. The van der Waals surface area contributed by atoms with Gasteiger partial charge in [0, 0.05) is 12.2 Å². The van der Waals surface area contributed by atoms with Crippen LogP contribution in [-0.4, -0.2) is 20.8 Å². The average molecular weight is 437 g/mol. The molecule has 0 radical (unpaired) electrons. The van der Waals surface area contributed by atoms with Crippen molar-refractivity contribution in [2.45, 2.75) is 78.4 Å². The zero-order valence-corrected chi connectivity index (χ0v) is 20.8. The summed E-state index contributed by atoms with van der Waals surface area (Å²) in [4.78, 5) is 0. The maximum atomic E-state index is 7.25. The summed E-state index contributed by atoms with van der Waals surface area (Å²) in [6.45, 7) is 9.56. The van der Waals surface area contributed by atoms with Gasteiger partial charge in [0.25, 0.3) is 0 Å². The summed E-state index contributed by atoms with van der Waals surface area (Å²) < 4.78 is 14.5. The second kappa shape index (κ2) is 10.0. The Balaban J connectivity index is 1.72. The van der Waals surface area contributed by atoms with Crippen LogP contribution >= 0.6 is 0 Å². The van der Waals surface area contributed by atoms with E-state index in [1.807, 2.05) is 0 Å². The van der Waals surface area contributed by atoms with Crippen molar-refractivity contribution in [2.75, 3.05) is 0 Å². The van der Waals surface area contributed by atoms with Gasteiger partial charge < -0.3 is 8.85 Å². The van der Waals surface area contributed by atoms with Crippen LogP contribution in [0.4, 0.5) is 0 Å². The van der Waals surface area contributed by atoms with Crippen molar-refractivity contribution in [1.29, 1.82) is 0 Å². The standard InChI is InChI=1S/C28H40O2Si/c1-21-15-17-25(19-23(21)3)29-31(27-11-7-5-8-12-27,28-13-9-6-10-14-28)30-26-18-16-22(2)24(4)20-26/h5-14,21-26H,15-20H2,1-4H3. The van der Waals surface area contributed by atoms with E-state index in [0.29, 0.717) is 11.8 Å². The quantitative estimate of drug-likeness (QED) is 0.523. The third-order valence-corrected chi connectivity index (χ3v) is 11.6. The van der Waals surface area contributed by atoms with Gasteiger partial charge in [0.2, 0.25) is 0 Å². The summed E-state index contributed by atoms with van der Waals surface area (Å²) in [5, 5.41) is 2.50. The van der Waals surface area contributed by atoms with Gasteiger partial charge in [-0.3, -0.25) is 0 Å². The summed E-state index contributed by atoms with van der Waals surface area (Å²) in [6.07, 6.45) is 7.60. The van der Waals surface area contributed by atoms with E-state index >= 15 is 0 Å². The van der Waals surface area contributed by atoms with Crippen LogP contribution in [0.5, 0.6) is 0 Å². The molecule has 0 amide bonds. The molecule has 168 valence electrons. The zero-order valence-electron chi connectivity index (χ0n) is 19.8. The summed E-state index contributed by atoms with van der Waals surface area (Å²) in [6, 6.07) is 21.7. The highest BCUT2D eigenvalue weighted by Crippen LogP contribution is 2.35. The van der Waals surface area contributed by atoms with E-state index in [1.165, 1.54) is 23.2 Å². The van der Waals surface area contributed by atoms with E-state index in [-0.39, 0.29) is 12.2 Å². The lowest BCUT2D eigenvalue weighted by atomic mass is 9.80. The molecule has 0 aliphatic heterocycles. The van der Waals surface area contributed by atoms with Gasteiger partial charge in [-0.1, -0.05) is 88.4 Å². The molecule has 31 heavy (non-hydrogen) atoms. The van der Waals surface area contributed by atoms with Crippen LogP contribution < -0.4 is 10.4 Å². The Kier molecular flexibility index (Phi) is 7.35. The molecule has 2 aromatic rings. The largest absolute Gasteiger partial charge is 0.407 e. The van der Waals surface area contributed by atoms with Crippen molar-refractivity contribution < 1.29 is 8.85 Å². The summed E-state index contributed by atoms with van der Waals surface area (Å²) in [5.41, 5.74) is 0. The zero-order chi connectivity index (χ0) is 21.8. The van der Waals surface area contributed by atoms with E-state index in [4.69, 9.17) is 8.85 Å². The highest BCUT2D eigenvalue weighted by atomic mass is 28.4. The first-order valence-corrected chi connectivity index (χ1v) is 14.3. The fraction of sp³-hybridized carbons (Fsp3) is 0.571. The summed E-state index contributed by atoms with van der Waals surface area (Å²) in [5.74, 6) is 2.97. The molecule has 2 aliphatic carbocycles. The highest BCUT2D eigenvalue weighted by Gasteiger charge is 2.48. The summed E-state index contributed by atoms with van der Waals surface area (Å²) in [7, 11) is -2.83. The topological polar surface area (TPSA) is 18.5 Å². The summed E-state index contributed by atoms with van der Waals surface area (Å²) >= 11 is 0. The molecule has 2 aromatic carbocycles. The van der Waals surface area contributed by atoms with Gasteiger partial charge in [-0.15, -0.1) is 0 Å². The van der Waals surface area contributed by atoms with Gasteiger partial charge in [-0.2, -0.15) is 0 Å². The van der Waals surface area contributed by atoms with Crippen LogP contribution in [0.3, 0.4) is 0 Å². The first kappa shape index (κ1) is 22.8. The molecule has 2 saturated carbocycles. The van der Waals surface area contributed by atoms with Crippen LogP contribution in [-0.2, 0) is 8.85 Å². The van der Waals surface area contributed by atoms with Crippen LogP contribution in [0.25, 0.3) is 0 Å². The Morgan fingerprint density at radius 3 is 1.29 bits per heavy atom. The Labute approximate surface area is 190 Å². The maximum Gasteiger partial charge on any atom is 0.407 e. The molecule has 0 bridgehead atoms. The van der Waals surface area contributed by atoms with Crippen molar-refractivity contribution in [3.63, 3.8) is 0 Å². The van der Waals surface area contributed by atoms with E-state index < -0.39 is 8.56 Å². The van der Waals surface area contributed by atoms with E-state index in [1.54, 1.807) is 0 Å². The number of hydrogen-bond acceptors (Lipinski definition) is 2. The molecule has 6 atom stereocenters. The van der Waals surface area contributed by atoms with Crippen LogP contribution in [0.1, 0.15) is 66.2 Å². The predicted octanol–water partition coefficient (Wildman–Crippen LogP) is 5.93. The van der Waals surface area contributed by atoms with Gasteiger partial charge in [0.05, 0.1) is 0 Å². The van der Waals surface area contributed by atoms with Crippen LogP contribution in [0, 0.1) is 23.7 Å². The molecule has 0 aromatic heterocycles. The average Bonchev–Trinajstić information content (AvgIpc) is 2.79. The molecule has 0 spiro atoms. The number of rotatable bonds is 6. The SMILES string of the molecule is CC1CCC(O[Si](OC2CCC(C)C(C)C2)(c2ccccc2)c2ccccc2)CC1C. The molecule has 2 nitrogen and oxygen atoms in total. The Morgan fingerprint density at radius 1 is 0.548 bits per heavy atom. The molecule has 0 saturated heterocycles. The molecule has 2 fully saturated rings. The fourth-order valence-electron chi connectivity index (χ4n) is 5.46. The van der Waals surface area contributed by atoms with Gasteiger partial charge in [0.15, 0.2) is 0 Å². The van der Waals surface area contributed by atoms with Crippen molar-refractivity contribution in [3.8, 4) is 0 Å². The Hall–Kier alpha value is -1.42. The third-order valence-electron chi connectivity index (χ3n) is 8.07. The molecule has 0 heterocycles.